The lowest BCUT2D eigenvalue weighted by atomic mass is 9.93. The normalized spacial score (nSPS) is 11.5. The number of amides is 1. The van der Waals surface area contributed by atoms with E-state index in [1.54, 1.807) is 5.38 Å². The van der Waals surface area contributed by atoms with Gasteiger partial charge in [0.2, 0.25) is 0 Å². The molecule has 17 heavy (non-hydrogen) atoms. The molecule has 0 fully saturated rings. The lowest BCUT2D eigenvalue weighted by Crippen LogP contribution is -2.42. The Hall–Kier alpha value is -1.01. The Morgan fingerprint density at radius 1 is 1.59 bits per heavy atom. The van der Waals surface area contributed by atoms with Gasteiger partial charge in [0.05, 0.1) is 0 Å². The average molecular weight is 256 g/mol. The molecular formula is C11H20N4OS. The first-order valence-electron chi connectivity index (χ1n) is 5.76. The lowest BCUT2D eigenvalue weighted by molar-refractivity contribution is 0.0683. The highest BCUT2D eigenvalue weighted by atomic mass is 32.1. The number of nitrogens with zero attached hydrogens (tertiary/aromatic N) is 3. The van der Waals surface area contributed by atoms with Crippen LogP contribution in [0.3, 0.4) is 0 Å². The Labute approximate surface area is 106 Å². The molecule has 0 aliphatic heterocycles. The van der Waals surface area contributed by atoms with Gasteiger partial charge in [-0.1, -0.05) is 25.3 Å². The molecule has 6 heteroatoms. The SMILES string of the molecule is CCCN(CC(C)(C)CN)C(=O)c1csnn1. The Bertz CT molecular complexity index is 350. The summed E-state index contributed by atoms with van der Waals surface area (Å²) in [7, 11) is 0. The maximum atomic E-state index is 12.2. The van der Waals surface area contributed by atoms with Gasteiger partial charge in [-0.05, 0) is 29.9 Å². The molecule has 0 aromatic carbocycles. The van der Waals surface area contributed by atoms with E-state index >= 15 is 0 Å². The Morgan fingerprint density at radius 3 is 2.76 bits per heavy atom. The second-order valence-corrected chi connectivity index (χ2v) is 5.50. The summed E-state index contributed by atoms with van der Waals surface area (Å²) in [5, 5.41) is 5.50. The van der Waals surface area contributed by atoms with Crippen molar-refractivity contribution in [2.45, 2.75) is 27.2 Å². The van der Waals surface area contributed by atoms with E-state index in [1.807, 2.05) is 4.90 Å². The minimum absolute atomic E-state index is 0.0536. The number of nitrogens with two attached hydrogens (primary N) is 1. The first kappa shape index (κ1) is 14.1. The third kappa shape index (κ3) is 4.05. The lowest BCUT2D eigenvalue weighted by Gasteiger charge is -2.31. The summed E-state index contributed by atoms with van der Waals surface area (Å²) in [6, 6.07) is 0. The largest absolute Gasteiger partial charge is 0.337 e. The Morgan fingerprint density at radius 2 is 2.29 bits per heavy atom. The molecule has 0 saturated heterocycles. The maximum absolute atomic E-state index is 12.2. The number of carbonyl (C=O) groups excluding carboxylic acids is 1. The van der Waals surface area contributed by atoms with E-state index in [2.05, 4.69) is 30.4 Å². The zero-order chi connectivity index (χ0) is 12.9. The molecule has 0 aliphatic rings. The summed E-state index contributed by atoms with van der Waals surface area (Å²) in [6.07, 6.45) is 0.921. The smallest absolute Gasteiger partial charge is 0.275 e. The first-order valence-corrected chi connectivity index (χ1v) is 6.60. The van der Waals surface area contributed by atoms with Crippen molar-refractivity contribution in [3.8, 4) is 0 Å². The van der Waals surface area contributed by atoms with Crippen LogP contribution in [0.1, 0.15) is 37.7 Å². The highest BCUT2D eigenvalue weighted by molar-refractivity contribution is 7.03. The van der Waals surface area contributed by atoms with E-state index < -0.39 is 0 Å². The van der Waals surface area contributed by atoms with Crippen molar-refractivity contribution >= 4 is 17.4 Å². The predicted molar refractivity (Wildman–Crippen MR) is 68.9 cm³/mol. The molecule has 1 aromatic rings. The van der Waals surface area contributed by atoms with Gasteiger partial charge in [-0.25, -0.2) is 0 Å². The van der Waals surface area contributed by atoms with Crippen LogP contribution in [0, 0.1) is 5.41 Å². The van der Waals surface area contributed by atoms with E-state index in [1.165, 1.54) is 11.5 Å². The van der Waals surface area contributed by atoms with Gasteiger partial charge in [0, 0.05) is 18.5 Å². The zero-order valence-corrected chi connectivity index (χ0v) is 11.5. The molecule has 0 spiro atoms. The van der Waals surface area contributed by atoms with Crippen LogP contribution < -0.4 is 5.73 Å². The highest BCUT2D eigenvalue weighted by Gasteiger charge is 2.25. The van der Waals surface area contributed by atoms with E-state index in [0.717, 1.165) is 13.0 Å². The summed E-state index contributed by atoms with van der Waals surface area (Å²) < 4.78 is 3.72. The number of hydrogen-bond donors (Lipinski definition) is 1. The Balaban J connectivity index is 2.75. The van der Waals surface area contributed by atoms with Crippen LogP contribution in [0.2, 0.25) is 0 Å². The summed E-state index contributed by atoms with van der Waals surface area (Å²) >= 11 is 1.19. The van der Waals surface area contributed by atoms with Gasteiger partial charge < -0.3 is 10.6 Å². The number of carbonyl (C=O) groups is 1. The van der Waals surface area contributed by atoms with Gasteiger partial charge in [-0.3, -0.25) is 4.79 Å². The van der Waals surface area contributed by atoms with E-state index in [4.69, 9.17) is 5.73 Å². The van der Waals surface area contributed by atoms with Crippen LogP contribution in [-0.2, 0) is 0 Å². The third-order valence-electron chi connectivity index (χ3n) is 2.53. The summed E-state index contributed by atoms with van der Waals surface area (Å²) in [5.41, 5.74) is 6.06. The predicted octanol–water partition coefficient (Wildman–Crippen LogP) is 1.38. The molecule has 0 saturated carbocycles. The van der Waals surface area contributed by atoms with Crippen LogP contribution in [-0.4, -0.2) is 40.0 Å². The monoisotopic (exact) mass is 256 g/mol. The van der Waals surface area contributed by atoms with Crippen molar-refractivity contribution in [2.75, 3.05) is 19.6 Å². The van der Waals surface area contributed by atoms with Crippen molar-refractivity contribution in [3.63, 3.8) is 0 Å². The molecule has 1 aromatic heterocycles. The van der Waals surface area contributed by atoms with E-state index in [-0.39, 0.29) is 11.3 Å². The van der Waals surface area contributed by atoms with Crippen molar-refractivity contribution in [1.82, 2.24) is 14.5 Å². The molecule has 0 atom stereocenters. The van der Waals surface area contributed by atoms with Crippen LogP contribution in [0.15, 0.2) is 5.38 Å². The van der Waals surface area contributed by atoms with Crippen LogP contribution in [0.25, 0.3) is 0 Å². The molecule has 1 rings (SSSR count). The van der Waals surface area contributed by atoms with Gasteiger partial charge in [-0.2, -0.15) is 0 Å². The van der Waals surface area contributed by atoms with Gasteiger partial charge >= 0.3 is 0 Å². The standard InChI is InChI=1S/C11H20N4OS/c1-4-5-15(8-11(2,3)7-12)10(16)9-6-17-14-13-9/h6H,4-5,7-8,12H2,1-3H3. The fourth-order valence-corrected chi connectivity index (χ4v) is 1.95. The van der Waals surface area contributed by atoms with Crippen molar-refractivity contribution in [3.05, 3.63) is 11.1 Å². The van der Waals surface area contributed by atoms with Gasteiger partial charge in [-0.15, -0.1) is 5.10 Å². The second kappa shape index (κ2) is 6.07. The topological polar surface area (TPSA) is 72.1 Å². The zero-order valence-electron chi connectivity index (χ0n) is 10.6. The molecule has 0 bridgehead atoms. The summed E-state index contributed by atoms with van der Waals surface area (Å²) in [6.45, 7) is 8.09. The van der Waals surface area contributed by atoms with Crippen LogP contribution in [0.5, 0.6) is 0 Å². The first-order chi connectivity index (χ1) is 8.00. The molecule has 1 heterocycles. The third-order valence-corrected chi connectivity index (χ3v) is 3.04. The van der Waals surface area contributed by atoms with Crippen molar-refractivity contribution in [2.24, 2.45) is 11.1 Å². The number of rotatable bonds is 6. The average Bonchev–Trinajstić information content (AvgIpc) is 2.81. The van der Waals surface area contributed by atoms with E-state index in [9.17, 15) is 4.79 Å². The second-order valence-electron chi connectivity index (χ2n) is 4.89. The quantitative estimate of drug-likeness (QED) is 0.834. The molecule has 0 radical (unpaired) electrons. The Kier molecular flexibility index (Phi) is 5.02. The fourth-order valence-electron chi connectivity index (χ4n) is 1.52. The molecule has 0 unspecified atom stereocenters. The summed E-state index contributed by atoms with van der Waals surface area (Å²) in [4.78, 5) is 14.0. The molecule has 96 valence electrons. The van der Waals surface area contributed by atoms with Gasteiger partial charge in [0.15, 0.2) is 5.69 Å². The molecule has 5 nitrogen and oxygen atoms in total. The maximum Gasteiger partial charge on any atom is 0.275 e. The van der Waals surface area contributed by atoms with Crippen molar-refractivity contribution < 1.29 is 4.79 Å². The highest BCUT2D eigenvalue weighted by Crippen LogP contribution is 2.17. The number of hydrogen-bond acceptors (Lipinski definition) is 5. The number of aromatic nitrogens is 2. The molecule has 1 amide bonds. The van der Waals surface area contributed by atoms with E-state index in [0.29, 0.717) is 18.8 Å². The minimum Gasteiger partial charge on any atom is -0.337 e. The van der Waals surface area contributed by atoms with Crippen LogP contribution in [0.4, 0.5) is 0 Å². The molecule has 2 N–H and O–H groups in total. The minimum atomic E-state index is -0.0751. The molecular weight excluding hydrogens is 236 g/mol. The molecule has 0 aliphatic carbocycles. The van der Waals surface area contributed by atoms with Gasteiger partial charge in [0.25, 0.3) is 5.91 Å². The summed E-state index contributed by atoms with van der Waals surface area (Å²) in [5.74, 6) is -0.0536. The fraction of sp³-hybridized carbons (Fsp3) is 0.727. The van der Waals surface area contributed by atoms with Crippen molar-refractivity contribution in [1.29, 1.82) is 0 Å². The van der Waals surface area contributed by atoms with Crippen LogP contribution >= 0.6 is 11.5 Å². The van der Waals surface area contributed by atoms with Gasteiger partial charge in [0.1, 0.15) is 0 Å².